The summed E-state index contributed by atoms with van der Waals surface area (Å²) in [4.78, 5) is 2.72. The zero-order chi connectivity index (χ0) is 12.2. The molecular weight excluding hydrogens is 196 g/mol. The molecule has 0 aromatic carbocycles. The van der Waals surface area contributed by atoms with Crippen molar-refractivity contribution in [1.82, 2.24) is 10.2 Å². The van der Waals surface area contributed by atoms with Crippen LogP contribution in [0.1, 0.15) is 53.9 Å². The van der Waals surface area contributed by atoms with Crippen molar-refractivity contribution in [1.29, 1.82) is 0 Å². The Hall–Kier alpha value is -0.0800. The van der Waals surface area contributed by atoms with Gasteiger partial charge in [-0.25, -0.2) is 0 Å². The van der Waals surface area contributed by atoms with Gasteiger partial charge >= 0.3 is 0 Å². The van der Waals surface area contributed by atoms with Crippen LogP contribution in [0.4, 0.5) is 0 Å². The standard InChI is InChI=1S/C14H30N2/c1-6-13-9-15-14(7-2,8-3)11-16(13)10-12(4)5/h12-13,15H,6-11H2,1-5H3. The van der Waals surface area contributed by atoms with Gasteiger partial charge in [-0.1, -0.05) is 34.6 Å². The van der Waals surface area contributed by atoms with Gasteiger partial charge in [0.2, 0.25) is 0 Å². The highest BCUT2D eigenvalue weighted by Gasteiger charge is 2.35. The zero-order valence-corrected chi connectivity index (χ0v) is 11.8. The van der Waals surface area contributed by atoms with Crippen LogP contribution in [0, 0.1) is 5.92 Å². The first-order chi connectivity index (χ1) is 7.56. The number of hydrogen-bond donors (Lipinski definition) is 1. The third-order valence-corrected chi connectivity index (χ3v) is 4.16. The van der Waals surface area contributed by atoms with Gasteiger partial charge in [0.05, 0.1) is 0 Å². The van der Waals surface area contributed by atoms with Gasteiger partial charge in [-0.3, -0.25) is 4.90 Å². The third kappa shape index (κ3) is 3.21. The lowest BCUT2D eigenvalue weighted by atomic mass is 9.87. The van der Waals surface area contributed by atoms with Crippen molar-refractivity contribution in [2.75, 3.05) is 19.6 Å². The first-order valence-corrected chi connectivity index (χ1v) is 7.06. The Balaban J connectivity index is 2.67. The molecule has 0 spiro atoms. The Morgan fingerprint density at radius 1 is 1.25 bits per heavy atom. The average Bonchev–Trinajstić information content (AvgIpc) is 2.28. The Labute approximate surface area is 102 Å². The summed E-state index contributed by atoms with van der Waals surface area (Å²) in [6.07, 6.45) is 3.76. The summed E-state index contributed by atoms with van der Waals surface area (Å²) in [5, 5.41) is 3.79. The molecule has 0 aromatic rings. The van der Waals surface area contributed by atoms with Crippen molar-refractivity contribution in [2.45, 2.75) is 65.5 Å². The Morgan fingerprint density at radius 2 is 1.88 bits per heavy atom. The third-order valence-electron chi connectivity index (χ3n) is 4.16. The maximum atomic E-state index is 3.79. The quantitative estimate of drug-likeness (QED) is 0.775. The summed E-state index contributed by atoms with van der Waals surface area (Å²) in [5.74, 6) is 0.776. The first kappa shape index (κ1) is 14.0. The van der Waals surface area contributed by atoms with E-state index >= 15 is 0 Å². The van der Waals surface area contributed by atoms with Crippen LogP contribution in [0.3, 0.4) is 0 Å². The van der Waals surface area contributed by atoms with E-state index in [0.29, 0.717) is 5.54 Å². The molecule has 0 aliphatic carbocycles. The number of nitrogens with one attached hydrogen (secondary N) is 1. The van der Waals surface area contributed by atoms with Gasteiger partial charge in [-0.15, -0.1) is 0 Å². The van der Waals surface area contributed by atoms with Gasteiger partial charge in [0.15, 0.2) is 0 Å². The Bertz CT molecular complexity index is 197. The van der Waals surface area contributed by atoms with Gasteiger partial charge in [-0.2, -0.15) is 0 Å². The Kier molecular flexibility index (Phi) is 5.26. The van der Waals surface area contributed by atoms with Crippen molar-refractivity contribution >= 4 is 0 Å². The summed E-state index contributed by atoms with van der Waals surface area (Å²) in [6.45, 7) is 15.3. The number of hydrogen-bond acceptors (Lipinski definition) is 2. The van der Waals surface area contributed by atoms with Crippen LogP contribution in [-0.4, -0.2) is 36.1 Å². The fourth-order valence-corrected chi connectivity index (χ4v) is 2.85. The SMILES string of the molecule is CCC1CNC(CC)(CC)CN1CC(C)C. The van der Waals surface area contributed by atoms with Crippen LogP contribution in [-0.2, 0) is 0 Å². The predicted octanol–water partition coefficient (Wildman–Crippen LogP) is 2.89. The smallest absolute Gasteiger partial charge is 0.0304 e. The van der Waals surface area contributed by atoms with E-state index in [4.69, 9.17) is 0 Å². The summed E-state index contributed by atoms with van der Waals surface area (Å²) in [6, 6.07) is 0.744. The van der Waals surface area contributed by atoms with Gasteiger partial charge in [0.1, 0.15) is 0 Å². The zero-order valence-electron chi connectivity index (χ0n) is 11.8. The largest absolute Gasteiger partial charge is 0.308 e. The number of nitrogens with zero attached hydrogens (tertiary/aromatic N) is 1. The molecule has 1 aliphatic heterocycles. The topological polar surface area (TPSA) is 15.3 Å². The molecule has 0 aromatic heterocycles. The van der Waals surface area contributed by atoms with E-state index in [1.165, 1.54) is 38.9 Å². The molecule has 1 atom stereocenters. The van der Waals surface area contributed by atoms with E-state index in [-0.39, 0.29) is 0 Å². The van der Waals surface area contributed by atoms with Crippen LogP contribution in [0.15, 0.2) is 0 Å². The molecule has 16 heavy (non-hydrogen) atoms. The molecule has 0 saturated carbocycles. The van der Waals surface area contributed by atoms with Crippen molar-refractivity contribution in [2.24, 2.45) is 5.92 Å². The molecule has 2 nitrogen and oxygen atoms in total. The Morgan fingerprint density at radius 3 is 2.31 bits per heavy atom. The predicted molar refractivity (Wildman–Crippen MR) is 71.8 cm³/mol. The van der Waals surface area contributed by atoms with Crippen molar-refractivity contribution in [3.63, 3.8) is 0 Å². The first-order valence-electron chi connectivity index (χ1n) is 7.06. The van der Waals surface area contributed by atoms with E-state index in [9.17, 15) is 0 Å². The monoisotopic (exact) mass is 226 g/mol. The molecule has 0 radical (unpaired) electrons. The minimum absolute atomic E-state index is 0.376. The molecule has 1 rings (SSSR count). The molecule has 1 unspecified atom stereocenters. The van der Waals surface area contributed by atoms with Crippen LogP contribution in [0.2, 0.25) is 0 Å². The van der Waals surface area contributed by atoms with Crippen LogP contribution < -0.4 is 5.32 Å². The molecule has 0 bridgehead atoms. The number of piperazine rings is 1. The summed E-state index contributed by atoms with van der Waals surface area (Å²) in [7, 11) is 0. The van der Waals surface area contributed by atoms with Crippen molar-refractivity contribution < 1.29 is 0 Å². The molecule has 2 heteroatoms. The van der Waals surface area contributed by atoms with E-state index in [1.54, 1.807) is 0 Å². The normalized spacial score (nSPS) is 26.2. The highest BCUT2D eigenvalue weighted by molar-refractivity contribution is 4.96. The van der Waals surface area contributed by atoms with E-state index < -0.39 is 0 Å². The van der Waals surface area contributed by atoms with E-state index in [1.807, 2.05) is 0 Å². The fourth-order valence-electron chi connectivity index (χ4n) is 2.85. The summed E-state index contributed by atoms with van der Waals surface area (Å²) >= 11 is 0. The second kappa shape index (κ2) is 6.02. The van der Waals surface area contributed by atoms with Crippen LogP contribution >= 0.6 is 0 Å². The molecule has 1 heterocycles. The van der Waals surface area contributed by atoms with Gasteiger partial charge in [-0.05, 0) is 25.2 Å². The molecular formula is C14H30N2. The van der Waals surface area contributed by atoms with Crippen LogP contribution in [0.25, 0.3) is 0 Å². The van der Waals surface area contributed by atoms with Crippen LogP contribution in [0.5, 0.6) is 0 Å². The molecule has 1 aliphatic rings. The molecule has 96 valence electrons. The molecule has 1 N–H and O–H groups in total. The van der Waals surface area contributed by atoms with E-state index in [0.717, 1.165) is 12.0 Å². The maximum Gasteiger partial charge on any atom is 0.0304 e. The molecule has 0 amide bonds. The molecule has 1 saturated heterocycles. The summed E-state index contributed by atoms with van der Waals surface area (Å²) < 4.78 is 0. The van der Waals surface area contributed by atoms with Gasteiger partial charge < -0.3 is 5.32 Å². The summed E-state index contributed by atoms with van der Waals surface area (Å²) in [5.41, 5.74) is 0.376. The van der Waals surface area contributed by atoms with Crippen molar-refractivity contribution in [3.05, 3.63) is 0 Å². The van der Waals surface area contributed by atoms with Gasteiger partial charge in [0, 0.05) is 31.2 Å². The minimum atomic E-state index is 0.376. The average molecular weight is 226 g/mol. The highest BCUT2D eigenvalue weighted by Crippen LogP contribution is 2.24. The maximum absolute atomic E-state index is 3.79. The fraction of sp³-hybridized carbons (Fsp3) is 1.00. The number of rotatable bonds is 5. The van der Waals surface area contributed by atoms with Gasteiger partial charge in [0.25, 0.3) is 0 Å². The minimum Gasteiger partial charge on any atom is -0.308 e. The second-order valence-electron chi connectivity index (χ2n) is 5.75. The second-order valence-corrected chi connectivity index (χ2v) is 5.75. The van der Waals surface area contributed by atoms with E-state index in [2.05, 4.69) is 44.8 Å². The van der Waals surface area contributed by atoms with Crippen molar-refractivity contribution in [3.8, 4) is 0 Å². The highest BCUT2D eigenvalue weighted by atomic mass is 15.3. The lowest BCUT2D eigenvalue weighted by Gasteiger charge is -2.48. The lowest BCUT2D eigenvalue weighted by Crippen LogP contribution is -2.64. The lowest BCUT2D eigenvalue weighted by molar-refractivity contribution is 0.0612. The molecule has 1 fully saturated rings.